The standard InChI is InChI=1S/C24H32N2O4S/c1-19(21-12-14-23(30-2)15-13-21)25-24(27)22-11-6-16-26(18-22)31(28,29)17-7-10-20-8-4-3-5-9-20/h3-5,8-9,12-15,19,22H,6-7,10-11,16-18H2,1-2H3,(H,25,27). The predicted molar refractivity (Wildman–Crippen MR) is 122 cm³/mol. The number of piperidine rings is 1. The number of sulfonamides is 1. The van der Waals surface area contributed by atoms with Gasteiger partial charge in [0.25, 0.3) is 0 Å². The van der Waals surface area contributed by atoms with E-state index in [9.17, 15) is 13.2 Å². The summed E-state index contributed by atoms with van der Waals surface area (Å²) in [5, 5.41) is 3.04. The van der Waals surface area contributed by atoms with Gasteiger partial charge in [-0.1, -0.05) is 42.5 Å². The van der Waals surface area contributed by atoms with E-state index in [2.05, 4.69) is 5.32 Å². The quantitative estimate of drug-likeness (QED) is 0.642. The summed E-state index contributed by atoms with van der Waals surface area (Å²) in [6, 6.07) is 17.3. The Bertz CT molecular complexity index is 945. The first-order valence-electron chi connectivity index (χ1n) is 10.8. The molecule has 2 atom stereocenters. The predicted octanol–water partition coefficient (Wildman–Crippen LogP) is 3.55. The van der Waals surface area contributed by atoms with Crippen molar-refractivity contribution in [1.29, 1.82) is 0 Å². The molecule has 1 heterocycles. The number of carbonyl (C=O) groups is 1. The highest BCUT2D eigenvalue weighted by atomic mass is 32.2. The Labute approximate surface area is 185 Å². The van der Waals surface area contributed by atoms with Gasteiger partial charge in [0, 0.05) is 13.1 Å². The third-order valence-electron chi connectivity index (χ3n) is 5.83. The number of aryl methyl sites for hydroxylation is 1. The number of rotatable bonds is 9. The van der Waals surface area contributed by atoms with Crippen LogP contribution in [0.5, 0.6) is 5.75 Å². The Morgan fingerprint density at radius 2 is 1.87 bits per heavy atom. The van der Waals surface area contributed by atoms with Gasteiger partial charge in [0.05, 0.1) is 24.8 Å². The van der Waals surface area contributed by atoms with E-state index in [1.54, 1.807) is 7.11 Å². The Morgan fingerprint density at radius 1 is 1.16 bits per heavy atom. The molecule has 2 unspecified atom stereocenters. The second kappa shape index (κ2) is 10.8. The van der Waals surface area contributed by atoms with E-state index in [1.807, 2.05) is 61.5 Å². The maximum absolute atomic E-state index is 12.8. The zero-order chi connectivity index (χ0) is 22.3. The lowest BCUT2D eigenvalue weighted by Crippen LogP contribution is -2.46. The second-order valence-corrected chi connectivity index (χ2v) is 10.2. The van der Waals surface area contributed by atoms with Crippen molar-refractivity contribution in [3.63, 3.8) is 0 Å². The first-order valence-corrected chi connectivity index (χ1v) is 12.5. The molecule has 1 amide bonds. The topological polar surface area (TPSA) is 75.7 Å². The average Bonchev–Trinajstić information content (AvgIpc) is 2.79. The van der Waals surface area contributed by atoms with Gasteiger partial charge >= 0.3 is 0 Å². The highest BCUT2D eigenvalue weighted by Crippen LogP contribution is 2.23. The minimum Gasteiger partial charge on any atom is -0.497 e. The summed E-state index contributed by atoms with van der Waals surface area (Å²) in [4.78, 5) is 12.8. The van der Waals surface area contributed by atoms with E-state index in [-0.39, 0.29) is 30.2 Å². The monoisotopic (exact) mass is 444 g/mol. The number of methoxy groups -OCH3 is 1. The molecule has 0 radical (unpaired) electrons. The van der Waals surface area contributed by atoms with Gasteiger partial charge in [-0.2, -0.15) is 0 Å². The van der Waals surface area contributed by atoms with E-state index in [0.717, 1.165) is 23.3 Å². The molecule has 0 saturated carbocycles. The van der Waals surface area contributed by atoms with Crippen LogP contribution in [0, 0.1) is 5.92 Å². The fourth-order valence-corrected chi connectivity index (χ4v) is 5.53. The minimum atomic E-state index is -3.37. The number of ether oxygens (including phenoxy) is 1. The lowest BCUT2D eigenvalue weighted by molar-refractivity contribution is -0.126. The molecule has 0 aliphatic carbocycles. The van der Waals surface area contributed by atoms with Crippen LogP contribution in [0.1, 0.15) is 43.4 Å². The maximum Gasteiger partial charge on any atom is 0.224 e. The number of hydrogen-bond acceptors (Lipinski definition) is 4. The van der Waals surface area contributed by atoms with Crippen molar-refractivity contribution in [2.24, 2.45) is 5.92 Å². The Morgan fingerprint density at radius 3 is 2.55 bits per heavy atom. The van der Waals surface area contributed by atoms with E-state index in [1.165, 1.54) is 4.31 Å². The molecule has 1 aliphatic heterocycles. The molecule has 0 aromatic heterocycles. The SMILES string of the molecule is COc1ccc(C(C)NC(=O)C2CCCN(S(=O)(=O)CCCc3ccccc3)C2)cc1. The maximum atomic E-state index is 12.8. The van der Waals surface area contributed by atoms with Gasteiger partial charge in [0.1, 0.15) is 5.75 Å². The zero-order valence-electron chi connectivity index (χ0n) is 18.3. The van der Waals surface area contributed by atoms with Crippen LogP contribution < -0.4 is 10.1 Å². The molecule has 2 aromatic rings. The summed E-state index contributed by atoms with van der Waals surface area (Å²) >= 11 is 0. The van der Waals surface area contributed by atoms with Crippen LogP contribution >= 0.6 is 0 Å². The largest absolute Gasteiger partial charge is 0.497 e. The summed E-state index contributed by atoms with van der Waals surface area (Å²) in [5.74, 6) is 0.465. The fourth-order valence-electron chi connectivity index (χ4n) is 3.95. The summed E-state index contributed by atoms with van der Waals surface area (Å²) in [6.45, 7) is 2.68. The molecule has 2 aromatic carbocycles. The zero-order valence-corrected chi connectivity index (χ0v) is 19.1. The molecule has 7 heteroatoms. The van der Waals surface area contributed by atoms with Crippen molar-refractivity contribution in [3.05, 3.63) is 65.7 Å². The molecule has 1 fully saturated rings. The second-order valence-electron chi connectivity index (χ2n) is 8.11. The molecule has 0 bridgehead atoms. The van der Waals surface area contributed by atoms with Gasteiger partial charge in [-0.05, 0) is 55.9 Å². The van der Waals surface area contributed by atoms with Crippen LogP contribution in [0.15, 0.2) is 54.6 Å². The van der Waals surface area contributed by atoms with Crippen molar-refractivity contribution < 1.29 is 17.9 Å². The molecule has 1 N–H and O–H groups in total. The summed E-state index contributed by atoms with van der Waals surface area (Å²) in [5.41, 5.74) is 2.12. The smallest absolute Gasteiger partial charge is 0.224 e. The van der Waals surface area contributed by atoms with Crippen molar-refractivity contribution in [1.82, 2.24) is 9.62 Å². The molecule has 0 spiro atoms. The Balaban J connectivity index is 1.52. The Hall–Kier alpha value is -2.38. The highest BCUT2D eigenvalue weighted by Gasteiger charge is 2.32. The molecule has 1 aliphatic rings. The lowest BCUT2D eigenvalue weighted by atomic mass is 9.98. The summed E-state index contributed by atoms with van der Waals surface area (Å²) in [6.07, 6.45) is 2.72. The van der Waals surface area contributed by atoms with Gasteiger partial charge in [-0.3, -0.25) is 4.79 Å². The molecule has 6 nitrogen and oxygen atoms in total. The van der Waals surface area contributed by atoms with Crippen LogP contribution in [0.25, 0.3) is 0 Å². The van der Waals surface area contributed by atoms with Crippen LogP contribution in [0.4, 0.5) is 0 Å². The van der Waals surface area contributed by atoms with Crippen molar-refractivity contribution in [3.8, 4) is 5.75 Å². The van der Waals surface area contributed by atoms with E-state index >= 15 is 0 Å². The van der Waals surface area contributed by atoms with Gasteiger partial charge in [0.15, 0.2) is 0 Å². The van der Waals surface area contributed by atoms with Crippen molar-refractivity contribution in [2.45, 2.75) is 38.6 Å². The van der Waals surface area contributed by atoms with Crippen LogP contribution in [-0.4, -0.2) is 44.6 Å². The summed E-state index contributed by atoms with van der Waals surface area (Å²) in [7, 11) is -1.75. The van der Waals surface area contributed by atoms with E-state index in [4.69, 9.17) is 4.74 Å². The highest BCUT2D eigenvalue weighted by molar-refractivity contribution is 7.89. The molecule has 31 heavy (non-hydrogen) atoms. The third kappa shape index (κ3) is 6.55. The van der Waals surface area contributed by atoms with Gasteiger partial charge in [-0.15, -0.1) is 0 Å². The van der Waals surface area contributed by atoms with E-state index < -0.39 is 10.0 Å². The minimum absolute atomic E-state index is 0.0903. The fraction of sp³-hybridized carbons (Fsp3) is 0.458. The van der Waals surface area contributed by atoms with Crippen LogP contribution in [-0.2, 0) is 21.2 Å². The average molecular weight is 445 g/mol. The first-order chi connectivity index (χ1) is 14.9. The first kappa shape index (κ1) is 23.3. The van der Waals surface area contributed by atoms with Crippen LogP contribution in [0.3, 0.4) is 0 Å². The number of benzene rings is 2. The van der Waals surface area contributed by atoms with Crippen molar-refractivity contribution in [2.75, 3.05) is 26.0 Å². The van der Waals surface area contributed by atoms with Gasteiger partial charge in [-0.25, -0.2) is 12.7 Å². The molecule has 3 rings (SSSR count). The van der Waals surface area contributed by atoms with E-state index in [0.29, 0.717) is 25.8 Å². The third-order valence-corrected chi connectivity index (χ3v) is 7.76. The molecule has 1 saturated heterocycles. The number of nitrogens with zero attached hydrogens (tertiary/aromatic N) is 1. The normalized spacial score (nSPS) is 18.3. The lowest BCUT2D eigenvalue weighted by Gasteiger charge is -2.32. The number of carbonyl (C=O) groups excluding carboxylic acids is 1. The number of amides is 1. The summed E-state index contributed by atoms with van der Waals surface area (Å²) < 4.78 is 32.3. The van der Waals surface area contributed by atoms with Crippen molar-refractivity contribution >= 4 is 15.9 Å². The Kier molecular flexibility index (Phi) is 8.09. The number of hydrogen-bond donors (Lipinski definition) is 1. The van der Waals surface area contributed by atoms with Gasteiger partial charge in [0.2, 0.25) is 15.9 Å². The molecular weight excluding hydrogens is 412 g/mol. The number of nitrogens with one attached hydrogen (secondary N) is 1. The van der Waals surface area contributed by atoms with Crippen LogP contribution in [0.2, 0.25) is 0 Å². The van der Waals surface area contributed by atoms with Gasteiger partial charge < -0.3 is 10.1 Å². The molecular formula is C24H32N2O4S. The molecule has 168 valence electrons.